The number of nitriles is 1. The smallest absolute Gasteiger partial charge is 0.303 e. The van der Waals surface area contributed by atoms with E-state index in [0.717, 1.165) is 17.2 Å². The third kappa shape index (κ3) is 3.77. The molecular formula is C21H15F3N2O. The third-order valence-electron chi connectivity index (χ3n) is 4.25. The zero-order valence-electron chi connectivity index (χ0n) is 14.4. The molecule has 0 fully saturated rings. The second-order valence-electron chi connectivity index (χ2n) is 6.17. The summed E-state index contributed by atoms with van der Waals surface area (Å²) in [6.45, 7) is 1.98. The van der Waals surface area contributed by atoms with Crippen LogP contribution in [0.15, 0.2) is 65.5 Å². The van der Waals surface area contributed by atoms with E-state index in [1.165, 1.54) is 10.6 Å². The van der Waals surface area contributed by atoms with E-state index in [2.05, 4.69) is 0 Å². The molecule has 0 aliphatic heterocycles. The lowest BCUT2D eigenvalue weighted by Gasteiger charge is -2.17. The molecule has 0 saturated heterocycles. The SMILES string of the molecule is Cc1ccc(Cn2c(-c3ccccc3)cc(C(F)(F)F)c(C#N)c2=O)cc1. The van der Waals surface area contributed by atoms with Gasteiger partial charge in [-0.15, -0.1) is 0 Å². The summed E-state index contributed by atoms with van der Waals surface area (Å²) in [5.41, 5.74) is -0.692. The molecule has 0 bridgehead atoms. The van der Waals surface area contributed by atoms with Gasteiger partial charge in [0.05, 0.1) is 17.8 Å². The Kier molecular flexibility index (Phi) is 4.87. The largest absolute Gasteiger partial charge is 0.417 e. The summed E-state index contributed by atoms with van der Waals surface area (Å²) < 4.78 is 41.5. The van der Waals surface area contributed by atoms with Crippen molar-refractivity contribution in [2.24, 2.45) is 0 Å². The van der Waals surface area contributed by atoms with Gasteiger partial charge in [0.25, 0.3) is 5.56 Å². The monoisotopic (exact) mass is 368 g/mol. The number of benzene rings is 2. The maximum absolute atomic E-state index is 13.4. The van der Waals surface area contributed by atoms with Crippen molar-refractivity contribution >= 4 is 0 Å². The predicted molar refractivity (Wildman–Crippen MR) is 96.1 cm³/mol. The fourth-order valence-corrected chi connectivity index (χ4v) is 2.86. The highest BCUT2D eigenvalue weighted by atomic mass is 19.4. The highest BCUT2D eigenvalue weighted by molar-refractivity contribution is 5.62. The zero-order valence-corrected chi connectivity index (χ0v) is 14.4. The van der Waals surface area contributed by atoms with Crippen LogP contribution in [0.25, 0.3) is 11.3 Å². The molecular weight excluding hydrogens is 353 g/mol. The Morgan fingerprint density at radius 2 is 1.67 bits per heavy atom. The summed E-state index contributed by atoms with van der Waals surface area (Å²) in [5.74, 6) is 0. The van der Waals surface area contributed by atoms with Gasteiger partial charge in [0, 0.05) is 0 Å². The van der Waals surface area contributed by atoms with Crippen molar-refractivity contribution in [3.8, 4) is 17.3 Å². The van der Waals surface area contributed by atoms with Gasteiger partial charge in [0.15, 0.2) is 0 Å². The Morgan fingerprint density at radius 3 is 2.22 bits per heavy atom. The van der Waals surface area contributed by atoms with Gasteiger partial charge in [-0.2, -0.15) is 18.4 Å². The first-order valence-corrected chi connectivity index (χ1v) is 8.17. The van der Waals surface area contributed by atoms with E-state index in [0.29, 0.717) is 5.56 Å². The molecule has 3 rings (SSSR count). The Morgan fingerprint density at radius 1 is 1.04 bits per heavy atom. The van der Waals surface area contributed by atoms with Gasteiger partial charge in [-0.25, -0.2) is 0 Å². The number of aryl methyl sites for hydroxylation is 1. The molecule has 0 amide bonds. The van der Waals surface area contributed by atoms with Gasteiger partial charge >= 0.3 is 6.18 Å². The van der Waals surface area contributed by atoms with Gasteiger partial charge < -0.3 is 4.57 Å². The number of alkyl halides is 3. The predicted octanol–water partition coefficient (Wildman–Crippen LogP) is 4.76. The summed E-state index contributed by atoms with van der Waals surface area (Å²) in [6, 6.07) is 18.0. The molecule has 2 aromatic carbocycles. The summed E-state index contributed by atoms with van der Waals surface area (Å²) in [6.07, 6.45) is -4.79. The lowest BCUT2D eigenvalue weighted by atomic mass is 10.0. The van der Waals surface area contributed by atoms with Gasteiger partial charge in [0.1, 0.15) is 11.6 Å². The van der Waals surface area contributed by atoms with Gasteiger partial charge in [-0.1, -0.05) is 60.2 Å². The first-order valence-electron chi connectivity index (χ1n) is 8.17. The maximum atomic E-state index is 13.4. The van der Waals surface area contributed by atoms with Crippen LogP contribution in [-0.2, 0) is 12.7 Å². The Balaban J connectivity index is 2.28. The molecule has 0 saturated carbocycles. The maximum Gasteiger partial charge on any atom is 0.417 e. The molecule has 0 unspecified atom stereocenters. The van der Waals surface area contributed by atoms with Crippen LogP contribution in [-0.4, -0.2) is 4.57 Å². The van der Waals surface area contributed by atoms with Crippen LogP contribution in [0.4, 0.5) is 13.2 Å². The Hall–Kier alpha value is -3.33. The van der Waals surface area contributed by atoms with Crippen LogP contribution in [0, 0.1) is 18.3 Å². The van der Waals surface area contributed by atoms with E-state index in [4.69, 9.17) is 0 Å². The van der Waals surface area contributed by atoms with Crippen molar-refractivity contribution in [3.63, 3.8) is 0 Å². The molecule has 3 nitrogen and oxygen atoms in total. The van der Waals surface area contributed by atoms with Crippen molar-refractivity contribution in [3.05, 3.63) is 93.3 Å². The molecule has 0 aliphatic rings. The number of aromatic nitrogens is 1. The van der Waals surface area contributed by atoms with E-state index in [1.54, 1.807) is 42.5 Å². The van der Waals surface area contributed by atoms with Crippen LogP contribution in [0.5, 0.6) is 0 Å². The van der Waals surface area contributed by atoms with Crippen molar-refractivity contribution in [2.45, 2.75) is 19.6 Å². The molecule has 136 valence electrons. The van der Waals surface area contributed by atoms with Crippen molar-refractivity contribution in [1.82, 2.24) is 4.57 Å². The summed E-state index contributed by atoms with van der Waals surface area (Å²) in [5, 5.41) is 9.19. The van der Waals surface area contributed by atoms with E-state index in [1.807, 2.05) is 19.1 Å². The topological polar surface area (TPSA) is 45.8 Å². The number of hydrogen-bond donors (Lipinski definition) is 0. The van der Waals surface area contributed by atoms with E-state index in [9.17, 15) is 23.2 Å². The molecule has 6 heteroatoms. The minimum absolute atomic E-state index is 0.0656. The molecule has 0 atom stereocenters. The van der Waals surface area contributed by atoms with E-state index < -0.39 is 22.9 Å². The molecule has 0 radical (unpaired) electrons. The van der Waals surface area contributed by atoms with Gasteiger partial charge in [-0.3, -0.25) is 4.79 Å². The number of halogens is 3. The fraction of sp³-hybridized carbons (Fsp3) is 0.143. The first-order chi connectivity index (χ1) is 12.8. The second kappa shape index (κ2) is 7.12. The van der Waals surface area contributed by atoms with E-state index in [-0.39, 0.29) is 12.2 Å². The molecule has 1 aromatic heterocycles. The van der Waals surface area contributed by atoms with Crippen LogP contribution >= 0.6 is 0 Å². The lowest BCUT2D eigenvalue weighted by molar-refractivity contribution is -0.137. The summed E-state index contributed by atoms with van der Waals surface area (Å²) in [7, 11) is 0. The standard InChI is InChI=1S/C21H15F3N2O/c1-14-7-9-15(10-8-14)13-26-19(16-5-3-2-4-6-16)11-18(21(22,23)24)17(12-25)20(26)27/h2-11H,13H2,1H3. The van der Waals surface area contributed by atoms with Gasteiger partial charge in [0.2, 0.25) is 0 Å². The Bertz CT molecular complexity index is 1060. The van der Waals surface area contributed by atoms with Gasteiger partial charge in [-0.05, 0) is 24.1 Å². The lowest BCUT2D eigenvalue weighted by Crippen LogP contribution is -2.28. The number of hydrogen-bond acceptors (Lipinski definition) is 2. The van der Waals surface area contributed by atoms with Crippen LogP contribution in [0.3, 0.4) is 0 Å². The van der Waals surface area contributed by atoms with Crippen molar-refractivity contribution in [2.75, 3.05) is 0 Å². The molecule has 0 spiro atoms. The quantitative estimate of drug-likeness (QED) is 0.669. The second-order valence-corrected chi connectivity index (χ2v) is 6.17. The van der Waals surface area contributed by atoms with Crippen molar-refractivity contribution in [1.29, 1.82) is 5.26 Å². The molecule has 0 aliphatic carbocycles. The normalized spacial score (nSPS) is 11.2. The molecule has 0 N–H and O–H groups in total. The average Bonchev–Trinajstić information content (AvgIpc) is 2.64. The number of rotatable bonds is 3. The highest BCUT2D eigenvalue weighted by Gasteiger charge is 2.36. The molecule has 3 aromatic rings. The van der Waals surface area contributed by atoms with Crippen molar-refractivity contribution < 1.29 is 13.2 Å². The Labute approximate surface area is 153 Å². The summed E-state index contributed by atoms with van der Waals surface area (Å²) >= 11 is 0. The van der Waals surface area contributed by atoms with Crippen LogP contribution in [0.1, 0.15) is 22.3 Å². The minimum atomic E-state index is -4.79. The first kappa shape index (κ1) is 18.5. The minimum Gasteiger partial charge on any atom is -0.303 e. The highest BCUT2D eigenvalue weighted by Crippen LogP contribution is 2.33. The fourth-order valence-electron chi connectivity index (χ4n) is 2.86. The van der Waals surface area contributed by atoms with E-state index >= 15 is 0 Å². The molecule has 1 heterocycles. The third-order valence-corrected chi connectivity index (χ3v) is 4.25. The zero-order chi connectivity index (χ0) is 19.6. The van der Waals surface area contributed by atoms with Crippen LogP contribution < -0.4 is 5.56 Å². The van der Waals surface area contributed by atoms with Crippen LogP contribution in [0.2, 0.25) is 0 Å². The number of pyridine rings is 1. The average molecular weight is 368 g/mol. The summed E-state index contributed by atoms with van der Waals surface area (Å²) in [4.78, 5) is 12.8. The number of nitrogens with zero attached hydrogens (tertiary/aromatic N) is 2. The molecule has 27 heavy (non-hydrogen) atoms.